The molecule has 0 saturated heterocycles. The number of carbonyl (C=O) groups excluding carboxylic acids is 2. The standard InChI is InChI=1S/C21H23BrN6O9.C2H4O2/c1-12(30)23-15-10-17(26(6-7-29)5-4-20(31)37-3)19(36-2)11-16(15)24-25-21-14(22)8-13(27(32)33)9-18(21)28(34)35;1-2(3)4/h8-11,29H,4-7H2,1-3H3,(H,23,30);1H3,(H,3,4). The first-order valence-electron chi connectivity index (χ1n) is 11.4. The van der Waals surface area contributed by atoms with Gasteiger partial charge in [-0.15, -0.1) is 10.2 Å². The molecule has 0 heterocycles. The van der Waals surface area contributed by atoms with E-state index in [9.17, 15) is 34.9 Å². The van der Waals surface area contributed by atoms with Gasteiger partial charge in [-0.05, 0) is 22.0 Å². The number of amides is 1. The second-order valence-electron chi connectivity index (χ2n) is 7.79. The van der Waals surface area contributed by atoms with Crippen molar-refractivity contribution in [1.82, 2.24) is 0 Å². The minimum Gasteiger partial charge on any atom is -0.494 e. The highest BCUT2D eigenvalue weighted by atomic mass is 79.9. The number of carbonyl (C=O) groups is 3. The zero-order valence-electron chi connectivity index (χ0n) is 22.3. The topological polar surface area (TPSA) is 236 Å². The molecule has 0 aliphatic carbocycles. The number of aliphatic hydroxyl groups is 1. The number of non-ortho nitro benzene ring substituents is 1. The number of aliphatic hydroxyl groups excluding tert-OH is 1. The number of nitro groups is 2. The molecule has 0 bridgehead atoms. The number of hydrogen-bond donors (Lipinski definition) is 3. The van der Waals surface area contributed by atoms with Gasteiger partial charge in [0.05, 0.1) is 59.0 Å². The van der Waals surface area contributed by atoms with Crippen LogP contribution in [0.3, 0.4) is 0 Å². The molecule has 2 rings (SSSR count). The molecule has 0 spiro atoms. The lowest BCUT2D eigenvalue weighted by atomic mass is 10.2. The zero-order valence-corrected chi connectivity index (χ0v) is 23.9. The third-order valence-corrected chi connectivity index (χ3v) is 5.43. The highest BCUT2D eigenvalue weighted by Crippen LogP contribution is 2.43. The van der Waals surface area contributed by atoms with Gasteiger partial charge in [0.2, 0.25) is 5.91 Å². The van der Waals surface area contributed by atoms with Gasteiger partial charge >= 0.3 is 11.7 Å². The van der Waals surface area contributed by atoms with Gasteiger partial charge in [0.25, 0.3) is 11.7 Å². The van der Waals surface area contributed by atoms with Crippen LogP contribution in [0.4, 0.5) is 34.1 Å². The van der Waals surface area contributed by atoms with Crippen molar-refractivity contribution in [3.05, 3.63) is 49.0 Å². The van der Waals surface area contributed by atoms with E-state index in [4.69, 9.17) is 14.6 Å². The molecule has 3 N–H and O–H groups in total. The van der Waals surface area contributed by atoms with Crippen LogP contribution in [0.15, 0.2) is 39.0 Å². The number of azo groups is 1. The molecule has 0 unspecified atom stereocenters. The van der Waals surface area contributed by atoms with Crippen molar-refractivity contribution in [2.75, 3.05) is 44.1 Å². The quantitative estimate of drug-likeness (QED) is 0.128. The summed E-state index contributed by atoms with van der Waals surface area (Å²) in [5.74, 6) is -1.53. The summed E-state index contributed by atoms with van der Waals surface area (Å²) in [7, 11) is 2.62. The highest BCUT2D eigenvalue weighted by molar-refractivity contribution is 9.10. The van der Waals surface area contributed by atoms with Crippen LogP contribution < -0.4 is 15.0 Å². The molecule has 41 heavy (non-hydrogen) atoms. The predicted octanol–water partition coefficient (Wildman–Crippen LogP) is 4.10. The molecule has 0 atom stereocenters. The molecule has 0 fully saturated rings. The maximum atomic E-state index is 11.9. The number of benzene rings is 2. The van der Waals surface area contributed by atoms with Crippen LogP contribution in [0.1, 0.15) is 20.3 Å². The third kappa shape index (κ3) is 10.8. The van der Waals surface area contributed by atoms with E-state index in [1.165, 1.54) is 33.3 Å². The molecule has 2 aromatic carbocycles. The van der Waals surface area contributed by atoms with Crippen LogP contribution in [-0.4, -0.2) is 71.8 Å². The summed E-state index contributed by atoms with van der Waals surface area (Å²) < 4.78 is 10.1. The van der Waals surface area contributed by atoms with E-state index in [2.05, 4.69) is 36.2 Å². The smallest absolute Gasteiger partial charge is 0.307 e. The fraction of sp³-hybridized carbons (Fsp3) is 0.348. The van der Waals surface area contributed by atoms with E-state index < -0.39 is 39.1 Å². The van der Waals surface area contributed by atoms with Crippen LogP contribution in [0.25, 0.3) is 0 Å². The second-order valence-corrected chi connectivity index (χ2v) is 8.64. The monoisotopic (exact) mass is 642 g/mol. The molecule has 18 heteroatoms. The molecular formula is C23H27BrN6O11. The molecule has 0 aliphatic rings. The normalized spacial score (nSPS) is 10.3. The number of nitrogens with one attached hydrogen (secondary N) is 1. The maximum absolute atomic E-state index is 11.9. The largest absolute Gasteiger partial charge is 0.494 e. The molecule has 0 saturated carbocycles. The first kappa shape index (κ1) is 34.3. The summed E-state index contributed by atoms with van der Waals surface area (Å²) in [5, 5.41) is 50.1. The molecular weight excluding hydrogens is 616 g/mol. The Labute approximate surface area is 241 Å². The molecule has 2 aromatic rings. The number of hydrogen-bond acceptors (Lipinski definition) is 13. The Morgan fingerprint density at radius 1 is 1.05 bits per heavy atom. The van der Waals surface area contributed by atoms with Crippen molar-refractivity contribution in [3.8, 4) is 5.75 Å². The summed E-state index contributed by atoms with van der Waals surface area (Å²) >= 11 is 3.05. The molecule has 0 radical (unpaired) electrons. The molecule has 1 amide bonds. The van der Waals surface area contributed by atoms with Gasteiger partial charge in [-0.25, -0.2) is 0 Å². The number of ether oxygens (including phenoxy) is 2. The number of rotatable bonds is 12. The van der Waals surface area contributed by atoms with Crippen molar-refractivity contribution in [1.29, 1.82) is 0 Å². The van der Waals surface area contributed by atoms with Crippen LogP contribution >= 0.6 is 15.9 Å². The van der Waals surface area contributed by atoms with Gasteiger partial charge in [-0.2, -0.15) is 0 Å². The van der Waals surface area contributed by atoms with E-state index in [1.54, 1.807) is 4.90 Å². The van der Waals surface area contributed by atoms with Gasteiger partial charge in [0.15, 0.2) is 5.69 Å². The maximum Gasteiger partial charge on any atom is 0.307 e. The van der Waals surface area contributed by atoms with Crippen molar-refractivity contribution in [2.24, 2.45) is 10.2 Å². The van der Waals surface area contributed by atoms with E-state index >= 15 is 0 Å². The number of esters is 1. The molecule has 17 nitrogen and oxygen atoms in total. The number of carboxylic acid groups (broad SMARTS) is 1. The lowest BCUT2D eigenvalue weighted by molar-refractivity contribution is -0.393. The Kier molecular flexibility index (Phi) is 13.7. The second kappa shape index (κ2) is 16.4. The van der Waals surface area contributed by atoms with Crippen LogP contribution in [0.5, 0.6) is 5.75 Å². The van der Waals surface area contributed by atoms with E-state index in [1.807, 2.05) is 0 Å². The van der Waals surface area contributed by atoms with Crippen LogP contribution in [0.2, 0.25) is 0 Å². The zero-order chi connectivity index (χ0) is 31.3. The number of aliphatic carboxylic acids is 1. The first-order chi connectivity index (χ1) is 19.2. The van der Waals surface area contributed by atoms with Gasteiger partial charge in [-0.3, -0.25) is 34.6 Å². The van der Waals surface area contributed by atoms with Gasteiger partial charge < -0.3 is 29.9 Å². The summed E-state index contributed by atoms with van der Waals surface area (Å²) in [5.41, 5.74) is -0.858. The van der Waals surface area contributed by atoms with Crippen molar-refractivity contribution >= 4 is 67.9 Å². The molecule has 0 aromatic heterocycles. The predicted molar refractivity (Wildman–Crippen MR) is 148 cm³/mol. The number of anilines is 2. The van der Waals surface area contributed by atoms with E-state index in [-0.39, 0.29) is 53.4 Å². The molecule has 222 valence electrons. The fourth-order valence-corrected chi connectivity index (χ4v) is 3.68. The van der Waals surface area contributed by atoms with Gasteiger partial charge in [0.1, 0.15) is 11.4 Å². The average Bonchev–Trinajstić information content (AvgIpc) is 2.89. The van der Waals surface area contributed by atoms with Gasteiger partial charge in [0, 0.05) is 39.1 Å². The Balaban J connectivity index is 0.00000196. The first-order valence-corrected chi connectivity index (χ1v) is 12.2. The minimum absolute atomic E-state index is 0.00836. The summed E-state index contributed by atoms with van der Waals surface area (Å²) in [6, 6.07) is 4.69. The molecule has 0 aliphatic heterocycles. The number of methoxy groups -OCH3 is 2. The number of nitro benzene ring substituents is 2. The SMILES string of the molecule is CC(=O)O.COC(=O)CCN(CCO)c1cc(NC(C)=O)c(N=Nc2c(Br)cc([N+](=O)[O-])cc2[N+](=O)[O-])cc1OC. The van der Waals surface area contributed by atoms with Crippen molar-refractivity contribution in [2.45, 2.75) is 20.3 Å². The summed E-state index contributed by atoms with van der Waals surface area (Å²) in [6.07, 6.45) is 0.00836. The Bertz CT molecular complexity index is 1330. The van der Waals surface area contributed by atoms with Crippen LogP contribution in [0, 0.1) is 20.2 Å². The summed E-state index contributed by atoms with van der Waals surface area (Å²) in [6.45, 7) is 2.37. The number of nitrogens with zero attached hydrogens (tertiary/aromatic N) is 5. The Hall–Kier alpha value is -4.71. The number of halogens is 1. The van der Waals surface area contributed by atoms with Crippen LogP contribution in [-0.2, 0) is 19.1 Å². The number of carboxylic acids is 1. The van der Waals surface area contributed by atoms with E-state index in [0.29, 0.717) is 5.69 Å². The fourth-order valence-electron chi connectivity index (χ4n) is 3.16. The minimum atomic E-state index is -0.835. The van der Waals surface area contributed by atoms with Crippen molar-refractivity contribution < 1.29 is 43.9 Å². The lowest BCUT2D eigenvalue weighted by Gasteiger charge is -2.26. The third-order valence-electron chi connectivity index (χ3n) is 4.83. The Morgan fingerprint density at radius 3 is 2.17 bits per heavy atom. The average molecular weight is 643 g/mol. The highest BCUT2D eigenvalue weighted by Gasteiger charge is 2.24. The Morgan fingerprint density at radius 2 is 1.68 bits per heavy atom. The summed E-state index contributed by atoms with van der Waals surface area (Å²) in [4.78, 5) is 55.1. The van der Waals surface area contributed by atoms with E-state index in [0.717, 1.165) is 19.1 Å². The lowest BCUT2D eigenvalue weighted by Crippen LogP contribution is -2.30. The van der Waals surface area contributed by atoms with Crippen molar-refractivity contribution in [3.63, 3.8) is 0 Å². The van der Waals surface area contributed by atoms with Gasteiger partial charge in [-0.1, -0.05) is 0 Å².